The first kappa shape index (κ1) is 22.7. The largest absolute Gasteiger partial charge is 0.340 e. The Bertz CT molecular complexity index is 1510. The molecule has 2 aromatic heterocycles. The summed E-state index contributed by atoms with van der Waals surface area (Å²) in [5, 5.41) is 0.885. The molecular weight excluding hydrogens is 483 g/mol. The Morgan fingerprint density at radius 1 is 0.912 bits per heavy atom. The Labute approximate surface area is 203 Å². The van der Waals surface area contributed by atoms with E-state index in [9.17, 15) is 18.4 Å². The van der Waals surface area contributed by atoms with E-state index < -0.39 is 17.2 Å². The molecule has 9 heteroatoms. The second-order valence-electron chi connectivity index (χ2n) is 8.47. The van der Waals surface area contributed by atoms with Gasteiger partial charge >= 0.3 is 5.69 Å². The summed E-state index contributed by atoms with van der Waals surface area (Å²) in [6, 6.07) is 13.2. The number of fused-ring (bicyclic) bond motifs is 1. The number of alkyl halides is 2. The zero-order valence-corrected chi connectivity index (χ0v) is 19.4. The lowest BCUT2D eigenvalue weighted by molar-refractivity contribution is -0.0382. The van der Waals surface area contributed by atoms with Crippen molar-refractivity contribution in [2.75, 3.05) is 0 Å². The highest BCUT2D eigenvalue weighted by Crippen LogP contribution is 2.41. The third-order valence-corrected chi connectivity index (χ3v) is 7.07. The summed E-state index contributed by atoms with van der Waals surface area (Å²) < 4.78 is 29.8. The number of hydrogen-bond donors (Lipinski definition) is 0. The third kappa shape index (κ3) is 4.03. The van der Waals surface area contributed by atoms with Gasteiger partial charge in [0.05, 0.1) is 38.5 Å². The maximum Gasteiger partial charge on any atom is 0.340 e. The first-order valence-corrected chi connectivity index (χ1v) is 11.6. The molecule has 1 aliphatic carbocycles. The second-order valence-corrected chi connectivity index (χ2v) is 9.29. The highest BCUT2D eigenvalue weighted by molar-refractivity contribution is 6.42. The van der Waals surface area contributed by atoms with Crippen molar-refractivity contribution in [1.82, 2.24) is 14.1 Å². The minimum Gasteiger partial charge on any atom is -0.268 e. The van der Waals surface area contributed by atoms with Gasteiger partial charge in [-0.25, -0.2) is 18.1 Å². The first-order chi connectivity index (χ1) is 16.2. The number of halogens is 4. The number of hydrogen-bond acceptors (Lipinski definition) is 3. The van der Waals surface area contributed by atoms with Crippen LogP contribution in [0.3, 0.4) is 0 Å². The summed E-state index contributed by atoms with van der Waals surface area (Å²) in [7, 11) is 0. The van der Waals surface area contributed by atoms with Gasteiger partial charge in [-0.2, -0.15) is 0 Å². The maximum atomic E-state index is 13.7. The highest BCUT2D eigenvalue weighted by atomic mass is 35.5. The third-order valence-electron chi connectivity index (χ3n) is 6.33. The van der Waals surface area contributed by atoms with Crippen molar-refractivity contribution in [3.8, 4) is 11.4 Å². The zero-order valence-electron chi connectivity index (χ0n) is 17.8. The molecule has 1 fully saturated rings. The Balaban J connectivity index is 1.78. The molecule has 0 N–H and O–H groups in total. The van der Waals surface area contributed by atoms with Gasteiger partial charge in [0.15, 0.2) is 0 Å². The number of rotatable bonds is 3. The van der Waals surface area contributed by atoms with Crippen LogP contribution in [0, 0.1) is 0 Å². The van der Waals surface area contributed by atoms with Crippen molar-refractivity contribution in [3.63, 3.8) is 0 Å². The van der Waals surface area contributed by atoms with Crippen molar-refractivity contribution in [2.45, 2.75) is 37.5 Å². The molecule has 5 rings (SSSR count). The minimum atomic E-state index is -2.65. The van der Waals surface area contributed by atoms with Crippen molar-refractivity contribution in [2.24, 2.45) is 0 Å². The fourth-order valence-electron chi connectivity index (χ4n) is 4.54. The van der Waals surface area contributed by atoms with E-state index in [4.69, 9.17) is 23.2 Å². The van der Waals surface area contributed by atoms with Gasteiger partial charge in [0.1, 0.15) is 0 Å². The average molecular weight is 502 g/mol. The van der Waals surface area contributed by atoms with Gasteiger partial charge in [-0.15, -0.1) is 0 Å². The molecule has 2 heterocycles. The minimum absolute atomic E-state index is 0.0814. The van der Waals surface area contributed by atoms with Gasteiger partial charge in [0, 0.05) is 19.0 Å². The molecule has 174 valence electrons. The average Bonchev–Trinajstić information content (AvgIpc) is 2.82. The van der Waals surface area contributed by atoms with Gasteiger partial charge < -0.3 is 0 Å². The van der Waals surface area contributed by atoms with E-state index in [1.807, 2.05) is 0 Å². The molecule has 0 radical (unpaired) electrons. The lowest BCUT2D eigenvalue weighted by atomic mass is 9.82. The van der Waals surface area contributed by atoms with E-state index >= 15 is 0 Å². The lowest BCUT2D eigenvalue weighted by Gasteiger charge is -2.28. The molecule has 0 bridgehead atoms. The van der Waals surface area contributed by atoms with E-state index in [0.29, 0.717) is 40.1 Å². The Morgan fingerprint density at radius 3 is 2.35 bits per heavy atom. The molecule has 0 saturated heterocycles. The predicted octanol–water partition coefficient (Wildman–Crippen LogP) is 6.14. The van der Waals surface area contributed by atoms with Crippen LogP contribution in [0.25, 0.3) is 22.3 Å². The number of nitrogens with zero attached hydrogens (tertiary/aromatic N) is 3. The van der Waals surface area contributed by atoms with Crippen LogP contribution in [0.1, 0.15) is 37.2 Å². The molecule has 0 spiro atoms. The summed E-state index contributed by atoms with van der Waals surface area (Å²) in [6.45, 7) is 0. The van der Waals surface area contributed by atoms with Crippen LogP contribution < -0.4 is 11.2 Å². The molecular formula is C25H19Cl2F2N3O2. The van der Waals surface area contributed by atoms with Gasteiger partial charge in [0.2, 0.25) is 5.92 Å². The van der Waals surface area contributed by atoms with Crippen LogP contribution in [-0.2, 0) is 0 Å². The Kier molecular flexibility index (Phi) is 5.78. The Hall–Kier alpha value is -3.03. The van der Waals surface area contributed by atoms with Crippen LogP contribution >= 0.6 is 23.2 Å². The molecule has 1 saturated carbocycles. The SMILES string of the molecule is O=c1c2ccc(C3CCC(F)(F)CC3)cc2n(-c2ccc(Cl)c(Cl)c2)c(=O)n1-c1cccnc1. The molecule has 0 aliphatic heterocycles. The van der Waals surface area contributed by atoms with Gasteiger partial charge in [-0.1, -0.05) is 29.3 Å². The molecule has 0 atom stereocenters. The molecule has 0 amide bonds. The molecule has 2 aromatic carbocycles. The van der Waals surface area contributed by atoms with Crippen LogP contribution in [0.2, 0.25) is 10.0 Å². The summed E-state index contributed by atoms with van der Waals surface area (Å²) in [4.78, 5) is 31.1. The molecule has 5 nitrogen and oxygen atoms in total. The highest BCUT2D eigenvalue weighted by Gasteiger charge is 2.35. The number of aromatic nitrogens is 3. The molecule has 34 heavy (non-hydrogen) atoms. The van der Waals surface area contributed by atoms with Crippen molar-refractivity contribution in [1.29, 1.82) is 0 Å². The lowest BCUT2D eigenvalue weighted by Crippen LogP contribution is -2.38. The van der Waals surface area contributed by atoms with Gasteiger partial charge in [0.25, 0.3) is 5.56 Å². The quantitative estimate of drug-likeness (QED) is 0.339. The van der Waals surface area contributed by atoms with Crippen LogP contribution in [-0.4, -0.2) is 20.0 Å². The summed E-state index contributed by atoms with van der Waals surface area (Å²) >= 11 is 12.3. The van der Waals surface area contributed by atoms with E-state index in [2.05, 4.69) is 4.98 Å². The standard InChI is InChI=1S/C25H19Cl2F2N3O2/c26-20-6-4-17(13-21(20)27)31-22-12-16(15-7-9-25(28,29)10-8-15)3-5-19(22)23(33)32(24(31)34)18-2-1-11-30-14-18/h1-6,11-15H,7-10H2. The summed E-state index contributed by atoms with van der Waals surface area (Å²) in [5.74, 6) is -2.73. The van der Waals surface area contributed by atoms with E-state index in [-0.39, 0.29) is 23.8 Å². The van der Waals surface area contributed by atoms with Crippen LogP contribution in [0.5, 0.6) is 0 Å². The number of benzene rings is 2. The second kappa shape index (κ2) is 8.64. The first-order valence-electron chi connectivity index (χ1n) is 10.8. The van der Waals surface area contributed by atoms with Crippen LogP contribution in [0.4, 0.5) is 8.78 Å². The predicted molar refractivity (Wildman–Crippen MR) is 129 cm³/mol. The van der Waals surface area contributed by atoms with E-state index in [1.165, 1.54) is 10.8 Å². The maximum absolute atomic E-state index is 13.7. The summed E-state index contributed by atoms with van der Waals surface area (Å²) in [5.41, 5.74) is 0.849. The number of pyridine rings is 1. The van der Waals surface area contributed by atoms with Crippen molar-refractivity contribution < 1.29 is 8.78 Å². The molecule has 4 aromatic rings. The normalized spacial score (nSPS) is 16.1. The fraction of sp³-hybridized carbons (Fsp3) is 0.240. The smallest absolute Gasteiger partial charge is 0.268 e. The van der Waals surface area contributed by atoms with Crippen LogP contribution in [0.15, 0.2) is 70.5 Å². The fourth-order valence-corrected chi connectivity index (χ4v) is 4.83. The Morgan fingerprint density at radius 2 is 1.68 bits per heavy atom. The van der Waals surface area contributed by atoms with E-state index in [1.54, 1.807) is 54.7 Å². The monoisotopic (exact) mass is 501 g/mol. The molecule has 1 aliphatic rings. The van der Waals surface area contributed by atoms with Gasteiger partial charge in [-0.3, -0.25) is 14.3 Å². The van der Waals surface area contributed by atoms with Crippen molar-refractivity contribution in [3.05, 3.63) is 97.4 Å². The summed E-state index contributed by atoms with van der Waals surface area (Å²) in [6.07, 6.45) is 3.29. The molecule has 0 unspecified atom stereocenters. The zero-order chi connectivity index (χ0) is 24.0. The van der Waals surface area contributed by atoms with Gasteiger partial charge in [-0.05, 0) is 66.8 Å². The van der Waals surface area contributed by atoms with Crippen molar-refractivity contribution >= 4 is 34.1 Å². The topological polar surface area (TPSA) is 56.9 Å². The van der Waals surface area contributed by atoms with E-state index in [0.717, 1.165) is 10.1 Å².